The largest absolute Gasteiger partial charge is 0.352 e. The topological polar surface area (TPSA) is 29.1 Å². The Bertz CT molecular complexity index is 388. The van der Waals surface area contributed by atoms with Crippen LogP contribution in [0.15, 0.2) is 23.1 Å². The SMILES string of the molecule is CSc1ccc(C)c(C(=O)NCCC(C)C)c1. The maximum absolute atomic E-state index is 12.0. The quantitative estimate of drug-likeness (QED) is 0.812. The van der Waals surface area contributed by atoms with Gasteiger partial charge in [0.25, 0.3) is 5.91 Å². The molecular weight excluding hydrogens is 230 g/mol. The number of nitrogens with one attached hydrogen (secondary N) is 1. The third kappa shape index (κ3) is 4.43. The van der Waals surface area contributed by atoms with E-state index in [1.807, 2.05) is 31.4 Å². The van der Waals surface area contributed by atoms with Gasteiger partial charge in [0.15, 0.2) is 0 Å². The number of aryl methyl sites for hydroxylation is 1. The molecule has 94 valence electrons. The van der Waals surface area contributed by atoms with Crippen molar-refractivity contribution in [2.45, 2.75) is 32.1 Å². The summed E-state index contributed by atoms with van der Waals surface area (Å²) in [6.45, 7) is 7.04. The first kappa shape index (κ1) is 14.1. The van der Waals surface area contributed by atoms with E-state index in [9.17, 15) is 4.79 Å². The molecule has 2 nitrogen and oxygen atoms in total. The molecule has 3 heteroatoms. The van der Waals surface area contributed by atoms with Crippen LogP contribution in [0.2, 0.25) is 0 Å². The van der Waals surface area contributed by atoms with Crippen molar-refractivity contribution in [3.8, 4) is 0 Å². The molecule has 0 unspecified atom stereocenters. The van der Waals surface area contributed by atoms with Crippen LogP contribution in [-0.4, -0.2) is 18.7 Å². The first-order chi connectivity index (χ1) is 8.04. The molecule has 1 aromatic rings. The van der Waals surface area contributed by atoms with E-state index in [2.05, 4.69) is 19.2 Å². The van der Waals surface area contributed by atoms with Crippen LogP contribution in [-0.2, 0) is 0 Å². The van der Waals surface area contributed by atoms with Crippen LogP contribution in [0.5, 0.6) is 0 Å². The molecule has 0 saturated carbocycles. The monoisotopic (exact) mass is 251 g/mol. The van der Waals surface area contributed by atoms with Gasteiger partial charge in [-0.3, -0.25) is 4.79 Å². The van der Waals surface area contributed by atoms with Crippen LogP contribution in [0.1, 0.15) is 36.2 Å². The highest BCUT2D eigenvalue weighted by atomic mass is 32.2. The molecular formula is C14H21NOS. The Morgan fingerprint density at radius 3 is 2.71 bits per heavy atom. The van der Waals surface area contributed by atoms with Gasteiger partial charge in [0.1, 0.15) is 0 Å². The van der Waals surface area contributed by atoms with E-state index in [0.717, 1.165) is 29.0 Å². The van der Waals surface area contributed by atoms with Gasteiger partial charge in [-0.15, -0.1) is 11.8 Å². The fourth-order valence-electron chi connectivity index (χ4n) is 1.54. The summed E-state index contributed by atoms with van der Waals surface area (Å²) >= 11 is 1.66. The van der Waals surface area contributed by atoms with Crippen LogP contribution in [0.4, 0.5) is 0 Å². The van der Waals surface area contributed by atoms with Crippen molar-refractivity contribution in [3.05, 3.63) is 29.3 Å². The van der Waals surface area contributed by atoms with Gasteiger partial charge < -0.3 is 5.32 Å². The van der Waals surface area contributed by atoms with Crippen molar-refractivity contribution < 1.29 is 4.79 Å². The fourth-order valence-corrected chi connectivity index (χ4v) is 1.98. The van der Waals surface area contributed by atoms with Gasteiger partial charge in [0, 0.05) is 17.0 Å². The molecule has 0 heterocycles. The number of hydrogen-bond donors (Lipinski definition) is 1. The molecule has 1 N–H and O–H groups in total. The Balaban J connectivity index is 2.67. The first-order valence-electron chi connectivity index (χ1n) is 5.97. The summed E-state index contributed by atoms with van der Waals surface area (Å²) in [4.78, 5) is 13.1. The fraction of sp³-hybridized carbons (Fsp3) is 0.500. The molecule has 17 heavy (non-hydrogen) atoms. The summed E-state index contributed by atoms with van der Waals surface area (Å²) in [5, 5.41) is 2.97. The summed E-state index contributed by atoms with van der Waals surface area (Å²) in [6.07, 6.45) is 3.04. The predicted molar refractivity (Wildman–Crippen MR) is 74.7 cm³/mol. The summed E-state index contributed by atoms with van der Waals surface area (Å²) in [7, 11) is 0. The molecule has 0 fully saturated rings. The van der Waals surface area contributed by atoms with Gasteiger partial charge in [0.2, 0.25) is 0 Å². The second-order valence-corrected chi connectivity index (χ2v) is 5.50. The molecule has 0 spiro atoms. The average molecular weight is 251 g/mol. The highest BCUT2D eigenvalue weighted by Gasteiger charge is 2.09. The Hall–Kier alpha value is -0.960. The van der Waals surface area contributed by atoms with Gasteiger partial charge in [0.05, 0.1) is 0 Å². The van der Waals surface area contributed by atoms with E-state index in [1.54, 1.807) is 11.8 Å². The maximum atomic E-state index is 12.0. The van der Waals surface area contributed by atoms with E-state index in [1.165, 1.54) is 0 Å². The van der Waals surface area contributed by atoms with Crippen LogP contribution in [0, 0.1) is 12.8 Å². The first-order valence-corrected chi connectivity index (χ1v) is 7.20. The van der Waals surface area contributed by atoms with Gasteiger partial charge >= 0.3 is 0 Å². The van der Waals surface area contributed by atoms with E-state index in [-0.39, 0.29) is 5.91 Å². The molecule has 1 rings (SSSR count). The second kappa shape index (κ2) is 6.70. The summed E-state index contributed by atoms with van der Waals surface area (Å²) < 4.78 is 0. The van der Waals surface area contributed by atoms with Crippen molar-refractivity contribution in [1.29, 1.82) is 0 Å². The number of benzene rings is 1. The molecule has 0 radical (unpaired) electrons. The molecule has 0 saturated heterocycles. The lowest BCUT2D eigenvalue weighted by Gasteiger charge is -2.10. The molecule has 0 aliphatic carbocycles. The molecule has 1 aromatic carbocycles. The Morgan fingerprint density at radius 2 is 2.12 bits per heavy atom. The minimum absolute atomic E-state index is 0.0408. The maximum Gasteiger partial charge on any atom is 0.251 e. The normalized spacial score (nSPS) is 10.6. The number of carbonyl (C=O) groups is 1. The summed E-state index contributed by atoms with van der Waals surface area (Å²) in [5.41, 5.74) is 1.82. The number of amides is 1. The smallest absolute Gasteiger partial charge is 0.251 e. The van der Waals surface area contributed by atoms with Crippen LogP contribution < -0.4 is 5.32 Å². The second-order valence-electron chi connectivity index (χ2n) is 4.62. The van der Waals surface area contributed by atoms with Crippen molar-refractivity contribution in [1.82, 2.24) is 5.32 Å². The minimum Gasteiger partial charge on any atom is -0.352 e. The lowest BCUT2D eigenvalue weighted by Crippen LogP contribution is -2.26. The zero-order valence-electron chi connectivity index (χ0n) is 11.0. The third-order valence-corrected chi connectivity index (χ3v) is 3.42. The standard InChI is InChI=1S/C14H21NOS/c1-10(2)7-8-15-14(16)13-9-12(17-4)6-5-11(13)3/h5-6,9-10H,7-8H2,1-4H3,(H,15,16). The Labute approximate surface area is 108 Å². The molecule has 0 aliphatic rings. The lowest BCUT2D eigenvalue weighted by atomic mass is 10.1. The van der Waals surface area contributed by atoms with Crippen molar-refractivity contribution in [2.75, 3.05) is 12.8 Å². The number of rotatable bonds is 5. The lowest BCUT2D eigenvalue weighted by molar-refractivity contribution is 0.0951. The molecule has 1 amide bonds. The van der Waals surface area contributed by atoms with E-state index < -0.39 is 0 Å². The van der Waals surface area contributed by atoms with E-state index in [0.29, 0.717) is 5.92 Å². The van der Waals surface area contributed by atoms with Crippen LogP contribution in [0.3, 0.4) is 0 Å². The number of carbonyl (C=O) groups excluding carboxylic acids is 1. The van der Waals surface area contributed by atoms with Crippen molar-refractivity contribution in [3.63, 3.8) is 0 Å². The summed E-state index contributed by atoms with van der Waals surface area (Å²) in [5.74, 6) is 0.660. The summed E-state index contributed by atoms with van der Waals surface area (Å²) in [6, 6.07) is 6.01. The predicted octanol–water partition coefficient (Wildman–Crippen LogP) is 3.49. The Kier molecular flexibility index (Phi) is 5.56. The molecule has 0 atom stereocenters. The molecule has 0 bridgehead atoms. The zero-order chi connectivity index (χ0) is 12.8. The number of thioether (sulfide) groups is 1. The minimum atomic E-state index is 0.0408. The van der Waals surface area contributed by atoms with Crippen molar-refractivity contribution in [2.24, 2.45) is 5.92 Å². The molecule has 0 aliphatic heterocycles. The van der Waals surface area contributed by atoms with Crippen LogP contribution in [0.25, 0.3) is 0 Å². The highest BCUT2D eigenvalue weighted by Crippen LogP contribution is 2.19. The zero-order valence-corrected chi connectivity index (χ0v) is 11.9. The average Bonchev–Trinajstić information content (AvgIpc) is 2.29. The van der Waals surface area contributed by atoms with Crippen molar-refractivity contribution >= 4 is 17.7 Å². The van der Waals surface area contributed by atoms with Gasteiger partial charge in [-0.05, 0) is 43.2 Å². The Morgan fingerprint density at radius 1 is 1.41 bits per heavy atom. The van der Waals surface area contributed by atoms with E-state index >= 15 is 0 Å². The molecule has 0 aromatic heterocycles. The highest BCUT2D eigenvalue weighted by molar-refractivity contribution is 7.98. The third-order valence-electron chi connectivity index (χ3n) is 2.70. The van der Waals surface area contributed by atoms with Crippen LogP contribution >= 0.6 is 11.8 Å². The van der Waals surface area contributed by atoms with Gasteiger partial charge in [-0.2, -0.15) is 0 Å². The van der Waals surface area contributed by atoms with Gasteiger partial charge in [-0.25, -0.2) is 0 Å². The number of hydrogen-bond acceptors (Lipinski definition) is 2. The van der Waals surface area contributed by atoms with E-state index in [4.69, 9.17) is 0 Å². The van der Waals surface area contributed by atoms with Gasteiger partial charge in [-0.1, -0.05) is 19.9 Å².